The molecule has 0 bridgehead atoms. The lowest BCUT2D eigenvalue weighted by Gasteiger charge is -2.36. The number of rotatable bonds is 4. The van der Waals surface area contributed by atoms with Crippen LogP contribution in [0.5, 0.6) is 5.75 Å². The number of nitrogens with zero attached hydrogens (tertiary/aromatic N) is 4. The van der Waals surface area contributed by atoms with Crippen LogP contribution in [0.15, 0.2) is 47.7 Å². The molecule has 26 heavy (non-hydrogen) atoms. The first-order valence-electron chi connectivity index (χ1n) is 8.19. The summed E-state index contributed by atoms with van der Waals surface area (Å²) < 4.78 is 5.31. The summed E-state index contributed by atoms with van der Waals surface area (Å²) in [5.74, 6) is 1.33. The van der Waals surface area contributed by atoms with Crippen molar-refractivity contribution in [3.8, 4) is 5.75 Å². The zero-order valence-electron chi connectivity index (χ0n) is 14.6. The summed E-state index contributed by atoms with van der Waals surface area (Å²) in [6.07, 6.45) is 3.46. The van der Waals surface area contributed by atoms with Crippen molar-refractivity contribution < 1.29 is 4.74 Å². The standard InChI is InChI=1S/C18H22ClN5O.HI/c1-25-17-6-7-21-12-14(17)13-22-18(20)24-10-8-23(9-11-24)16-4-2-15(19)3-5-16;/h2-7,12H,8-11,13H2,1H3,(H2,20,22);1H. The molecule has 0 atom stereocenters. The van der Waals surface area contributed by atoms with E-state index in [4.69, 9.17) is 22.1 Å². The summed E-state index contributed by atoms with van der Waals surface area (Å²) in [6.45, 7) is 3.92. The highest BCUT2D eigenvalue weighted by Crippen LogP contribution is 2.20. The van der Waals surface area contributed by atoms with E-state index >= 15 is 0 Å². The van der Waals surface area contributed by atoms with E-state index in [1.807, 2.05) is 30.3 Å². The maximum absolute atomic E-state index is 6.17. The molecule has 2 aromatic rings. The lowest BCUT2D eigenvalue weighted by molar-refractivity contribution is 0.380. The summed E-state index contributed by atoms with van der Waals surface area (Å²) in [5.41, 5.74) is 8.27. The highest BCUT2D eigenvalue weighted by atomic mass is 127. The maximum atomic E-state index is 6.17. The van der Waals surface area contributed by atoms with Crippen molar-refractivity contribution in [3.63, 3.8) is 0 Å². The van der Waals surface area contributed by atoms with E-state index in [-0.39, 0.29) is 24.0 Å². The summed E-state index contributed by atoms with van der Waals surface area (Å²) in [5, 5.41) is 0.754. The molecule has 1 aliphatic heterocycles. The molecule has 3 rings (SSSR count). The van der Waals surface area contributed by atoms with E-state index in [0.717, 1.165) is 42.5 Å². The molecule has 2 heterocycles. The highest BCUT2D eigenvalue weighted by Gasteiger charge is 2.18. The van der Waals surface area contributed by atoms with Gasteiger partial charge in [-0.3, -0.25) is 4.98 Å². The van der Waals surface area contributed by atoms with Crippen molar-refractivity contribution in [2.45, 2.75) is 6.54 Å². The molecule has 2 N–H and O–H groups in total. The van der Waals surface area contributed by atoms with Gasteiger partial charge < -0.3 is 20.3 Å². The number of guanidine groups is 1. The minimum absolute atomic E-state index is 0. The predicted molar refractivity (Wildman–Crippen MR) is 117 cm³/mol. The molecule has 140 valence electrons. The minimum atomic E-state index is 0. The van der Waals surface area contributed by atoms with Gasteiger partial charge >= 0.3 is 0 Å². The van der Waals surface area contributed by atoms with Gasteiger partial charge in [-0.05, 0) is 30.3 Å². The first-order chi connectivity index (χ1) is 12.2. The monoisotopic (exact) mass is 487 g/mol. The van der Waals surface area contributed by atoms with Crippen molar-refractivity contribution in [1.82, 2.24) is 9.88 Å². The Morgan fingerprint density at radius 2 is 1.88 bits per heavy atom. The van der Waals surface area contributed by atoms with Crippen molar-refractivity contribution in [2.24, 2.45) is 10.7 Å². The number of ether oxygens (including phenoxy) is 1. The number of anilines is 1. The fourth-order valence-electron chi connectivity index (χ4n) is 2.84. The molecule has 0 aliphatic carbocycles. The largest absolute Gasteiger partial charge is 0.496 e. The predicted octanol–water partition coefficient (Wildman–Crippen LogP) is 3.00. The van der Waals surface area contributed by atoms with E-state index in [9.17, 15) is 0 Å². The van der Waals surface area contributed by atoms with Crippen LogP contribution in [0.4, 0.5) is 5.69 Å². The zero-order chi connectivity index (χ0) is 17.6. The van der Waals surface area contributed by atoms with Crippen molar-refractivity contribution >= 4 is 47.2 Å². The number of aliphatic imine (C=N–C) groups is 1. The van der Waals surface area contributed by atoms with Gasteiger partial charge in [0.2, 0.25) is 0 Å². The molecule has 1 saturated heterocycles. The van der Waals surface area contributed by atoms with E-state index in [2.05, 4.69) is 19.8 Å². The van der Waals surface area contributed by atoms with Crippen molar-refractivity contribution in [3.05, 3.63) is 53.3 Å². The molecule has 0 amide bonds. The lowest BCUT2D eigenvalue weighted by Crippen LogP contribution is -2.51. The van der Waals surface area contributed by atoms with Crippen LogP contribution in [-0.4, -0.2) is 49.1 Å². The summed E-state index contributed by atoms with van der Waals surface area (Å²) >= 11 is 5.95. The van der Waals surface area contributed by atoms with Gasteiger partial charge in [0.25, 0.3) is 0 Å². The Balaban J connectivity index is 0.00000243. The summed E-state index contributed by atoms with van der Waals surface area (Å²) in [6, 6.07) is 9.75. The van der Waals surface area contributed by atoms with Crippen LogP contribution >= 0.6 is 35.6 Å². The molecular weight excluding hydrogens is 465 g/mol. The Labute approximate surface area is 176 Å². The second-order valence-corrected chi connectivity index (χ2v) is 6.25. The second kappa shape index (κ2) is 9.82. The smallest absolute Gasteiger partial charge is 0.191 e. The average Bonchev–Trinajstić information content (AvgIpc) is 2.67. The quantitative estimate of drug-likeness (QED) is 0.408. The first-order valence-corrected chi connectivity index (χ1v) is 8.57. The topological polar surface area (TPSA) is 67.0 Å². The van der Waals surface area contributed by atoms with Gasteiger partial charge in [0.15, 0.2) is 5.96 Å². The fraction of sp³-hybridized carbons (Fsp3) is 0.333. The molecule has 1 aromatic carbocycles. The number of nitrogens with two attached hydrogens (primary N) is 1. The van der Waals surface area contributed by atoms with Crippen LogP contribution in [0.25, 0.3) is 0 Å². The average molecular weight is 488 g/mol. The number of piperazine rings is 1. The van der Waals surface area contributed by atoms with Gasteiger partial charge in [-0.1, -0.05) is 11.6 Å². The van der Waals surface area contributed by atoms with Gasteiger partial charge in [0, 0.05) is 54.8 Å². The molecule has 0 radical (unpaired) electrons. The number of methoxy groups -OCH3 is 1. The second-order valence-electron chi connectivity index (χ2n) is 5.81. The Bertz CT molecular complexity index is 733. The third-order valence-corrected chi connectivity index (χ3v) is 4.54. The number of hydrogen-bond acceptors (Lipinski definition) is 4. The van der Waals surface area contributed by atoms with E-state index < -0.39 is 0 Å². The Kier molecular flexibility index (Phi) is 7.77. The van der Waals surface area contributed by atoms with Crippen LogP contribution < -0.4 is 15.4 Å². The van der Waals surface area contributed by atoms with Crippen molar-refractivity contribution in [2.75, 3.05) is 38.2 Å². The molecule has 0 saturated carbocycles. The third-order valence-electron chi connectivity index (χ3n) is 4.29. The van der Waals surface area contributed by atoms with Crippen LogP contribution in [0.1, 0.15) is 5.56 Å². The lowest BCUT2D eigenvalue weighted by atomic mass is 10.2. The van der Waals surface area contributed by atoms with E-state index in [1.54, 1.807) is 19.5 Å². The molecule has 1 aromatic heterocycles. The normalized spacial score (nSPS) is 14.8. The van der Waals surface area contributed by atoms with E-state index in [0.29, 0.717) is 12.5 Å². The molecule has 1 fully saturated rings. The summed E-state index contributed by atoms with van der Waals surface area (Å²) in [7, 11) is 1.64. The van der Waals surface area contributed by atoms with Crippen LogP contribution in [0.2, 0.25) is 5.02 Å². The Hall–Kier alpha value is -1.74. The SMILES string of the molecule is COc1ccncc1CN=C(N)N1CCN(c2ccc(Cl)cc2)CC1.I. The number of benzene rings is 1. The van der Waals surface area contributed by atoms with Gasteiger partial charge in [-0.25, -0.2) is 4.99 Å². The fourth-order valence-corrected chi connectivity index (χ4v) is 2.97. The number of halogens is 2. The van der Waals surface area contributed by atoms with Gasteiger partial charge in [0.05, 0.1) is 13.7 Å². The molecular formula is C18H23ClIN5O. The molecule has 0 spiro atoms. The first kappa shape index (κ1) is 20.6. The minimum Gasteiger partial charge on any atom is -0.496 e. The van der Waals surface area contributed by atoms with Crippen molar-refractivity contribution in [1.29, 1.82) is 0 Å². The molecule has 8 heteroatoms. The number of pyridine rings is 1. The van der Waals surface area contributed by atoms with Gasteiger partial charge in [0.1, 0.15) is 5.75 Å². The molecule has 1 aliphatic rings. The maximum Gasteiger partial charge on any atom is 0.191 e. The van der Waals surface area contributed by atoms with Crippen LogP contribution in [0.3, 0.4) is 0 Å². The Morgan fingerprint density at radius 1 is 1.19 bits per heavy atom. The third kappa shape index (κ3) is 5.14. The number of hydrogen-bond donors (Lipinski definition) is 1. The highest BCUT2D eigenvalue weighted by molar-refractivity contribution is 14.0. The van der Waals surface area contributed by atoms with Crippen LogP contribution in [0, 0.1) is 0 Å². The van der Waals surface area contributed by atoms with Gasteiger partial charge in [-0.15, -0.1) is 24.0 Å². The Morgan fingerprint density at radius 3 is 2.54 bits per heavy atom. The molecule has 6 nitrogen and oxygen atoms in total. The van der Waals surface area contributed by atoms with Gasteiger partial charge in [-0.2, -0.15) is 0 Å². The van der Waals surface area contributed by atoms with E-state index in [1.165, 1.54) is 5.69 Å². The molecule has 0 unspecified atom stereocenters. The zero-order valence-corrected chi connectivity index (χ0v) is 17.7. The number of aromatic nitrogens is 1. The summed E-state index contributed by atoms with van der Waals surface area (Å²) in [4.78, 5) is 13.0. The van der Waals surface area contributed by atoms with Crippen LogP contribution in [-0.2, 0) is 6.54 Å².